The van der Waals surface area contributed by atoms with Gasteiger partial charge in [0, 0.05) is 5.75 Å². The predicted molar refractivity (Wildman–Crippen MR) is 118 cm³/mol. The summed E-state index contributed by atoms with van der Waals surface area (Å²) in [7, 11) is 0. The second-order valence-electron chi connectivity index (χ2n) is 5.59. The second-order valence-corrected chi connectivity index (χ2v) is 6.94. The molecule has 0 radical (unpaired) electrons. The number of aliphatic carboxylic acids is 4. The number of aliphatic hydroxyl groups is 2. The van der Waals surface area contributed by atoms with Gasteiger partial charge in [-0.25, -0.2) is 0 Å². The summed E-state index contributed by atoms with van der Waals surface area (Å²) in [5, 5.41) is 48.7. The summed E-state index contributed by atoms with van der Waals surface area (Å²) in [4.78, 5) is 39.3. The van der Waals surface area contributed by atoms with E-state index in [0.29, 0.717) is 6.42 Å². The van der Waals surface area contributed by atoms with Crippen molar-refractivity contribution in [2.45, 2.75) is 43.6 Å². The topological polar surface area (TPSA) is 294 Å². The molecule has 0 amide bonds. The molecule has 16 heteroatoms. The van der Waals surface area contributed by atoms with Gasteiger partial charge in [-0.05, 0) is 25.4 Å². The molecule has 0 rings (SSSR count). The molecule has 0 aromatic carbocycles. The maximum Gasteiger partial charge on any atom is 0.323 e. The third kappa shape index (κ3) is 28.3. The minimum Gasteiger partial charge on any atom is -0.480 e. The van der Waals surface area contributed by atoms with Gasteiger partial charge < -0.3 is 53.6 Å². The van der Waals surface area contributed by atoms with Crippen molar-refractivity contribution in [2.24, 2.45) is 22.9 Å². The average Bonchev–Trinajstić information content (AvgIpc) is 2.70. The molecule has 0 bridgehead atoms. The lowest BCUT2D eigenvalue weighted by molar-refractivity contribution is -0.141. The number of nitrogens with two attached hydrogens (primary N) is 4. The van der Waals surface area contributed by atoms with Crippen LogP contribution in [0.25, 0.3) is 0 Å². The first-order chi connectivity index (χ1) is 14.1. The number of hydrogen-bond acceptors (Lipinski definition) is 12. The molecule has 0 aliphatic carbocycles. The molecule has 0 spiro atoms. The number of carboxylic acids is 4. The Kier molecular flexibility index (Phi) is 27.2. The minimum absolute atomic E-state index is 0.190. The molecule has 31 heavy (non-hydrogen) atoms. The largest absolute Gasteiger partial charge is 0.480 e. The molecule has 0 aliphatic rings. The van der Waals surface area contributed by atoms with Crippen LogP contribution in [0.5, 0.6) is 0 Å². The van der Waals surface area contributed by atoms with Gasteiger partial charge in [-0.1, -0.05) is 0 Å². The number of carbonyl (C=O) groups is 4. The second kappa shape index (κ2) is 23.0. The Balaban J connectivity index is -0.000000158. The van der Waals surface area contributed by atoms with Gasteiger partial charge in [0.1, 0.15) is 24.2 Å². The number of rotatable bonds is 10. The van der Waals surface area contributed by atoms with Crippen molar-refractivity contribution in [2.75, 3.05) is 24.4 Å². The van der Waals surface area contributed by atoms with Gasteiger partial charge in [0.15, 0.2) is 0 Å². The Morgan fingerprint density at radius 1 is 0.839 bits per heavy atom. The SMILES string of the molecule is CC(O)C(N)C(=O)O.CSCCC(N)C(=O)O.NC(CO)C(=O)O.NC(CS)C(=O)O. The first-order valence-electron chi connectivity index (χ1n) is 8.42. The van der Waals surface area contributed by atoms with Crippen LogP contribution in [0.2, 0.25) is 0 Å². The van der Waals surface area contributed by atoms with E-state index in [2.05, 4.69) is 12.6 Å². The summed E-state index contributed by atoms with van der Waals surface area (Å²) in [5.41, 5.74) is 19.8. The Morgan fingerprint density at radius 2 is 1.23 bits per heavy atom. The first-order valence-corrected chi connectivity index (χ1v) is 10.4. The van der Waals surface area contributed by atoms with E-state index in [1.807, 2.05) is 6.26 Å². The van der Waals surface area contributed by atoms with Crippen LogP contribution in [0.4, 0.5) is 0 Å². The molecule has 0 aliphatic heterocycles. The molecule has 186 valence electrons. The Hall–Kier alpha value is -1.66. The zero-order chi connectivity index (χ0) is 25.7. The molecule has 0 saturated heterocycles. The van der Waals surface area contributed by atoms with Crippen LogP contribution in [-0.2, 0) is 19.2 Å². The van der Waals surface area contributed by atoms with Gasteiger partial charge in [0.05, 0.1) is 12.7 Å². The third-order valence-corrected chi connectivity index (χ3v) is 3.82. The Labute approximate surface area is 189 Å². The highest BCUT2D eigenvalue weighted by molar-refractivity contribution is 7.98. The molecule has 0 heterocycles. The standard InChI is InChI=1S/C5H11NO2S.C4H9NO3.C3H7NO3.C3H7NO2S/c1-9-3-2-4(6)5(7)8;1-2(6)3(5)4(7)8;4-2(1-5)3(6)7;4-2(1-7)3(5)6/h4H,2-3,6H2,1H3,(H,7,8);2-3,6H,5H2,1H3,(H,7,8);2,5H,1,4H2,(H,6,7);2,7H,1,4H2,(H,5,6). The van der Waals surface area contributed by atoms with E-state index in [9.17, 15) is 19.2 Å². The number of thioether (sulfide) groups is 1. The summed E-state index contributed by atoms with van der Waals surface area (Å²) in [6.45, 7) is 0.827. The Morgan fingerprint density at radius 3 is 1.32 bits per heavy atom. The number of carboxylic acid groups (broad SMARTS) is 4. The van der Waals surface area contributed by atoms with Crippen LogP contribution in [0.15, 0.2) is 0 Å². The summed E-state index contributed by atoms with van der Waals surface area (Å²) >= 11 is 5.25. The smallest absolute Gasteiger partial charge is 0.323 e. The molecule has 0 aromatic heterocycles. The molecular formula is C15H34N4O10S2. The lowest BCUT2D eigenvalue weighted by Crippen LogP contribution is -2.39. The van der Waals surface area contributed by atoms with Crippen molar-refractivity contribution in [3.05, 3.63) is 0 Å². The quantitative estimate of drug-likeness (QED) is 0.132. The van der Waals surface area contributed by atoms with Crippen LogP contribution in [-0.4, -0.2) is 109 Å². The number of aliphatic hydroxyl groups excluding tert-OH is 2. The number of thiol groups is 1. The fourth-order valence-corrected chi connectivity index (χ4v) is 1.38. The van der Waals surface area contributed by atoms with Crippen LogP contribution < -0.4 is 22.9 Å². The number of hydrogen-bond donors (Lipinski definition) is 11. The van der Waals surface area contributed by atoms with E-state index in [0.717, 1.165) is 5.75 Å². The van der Waals surface area contributed by atoms with Crippen LogP contribution in [0.3, 0.4) is 0 Å². The Bertz CT molecular complexity index is 494. The third-order valence-electron chi connectivity index (χ3n) is 2.78. The van der Waals surface area contributed by atoms with E-state index in [1.165, 1.54) is 6.92 Å². The highest BCUT2D eigenvalue weighted by Crippen LogP contribution is 1.97. The van der Waals surface area contributed by atoms with Gasteiger partial charge >= 0.3 is 23.9 Å². The summed E-state index contributed by atoms with van der Waals surface area (Å²) in [6, 6.07) is -3.78. The summed E-state index contributed by atoms with van der Waals surface area (Å²) in [6.07, 6.45) is 1.50. The summed E-state index contributed by atoms with van der Waals surface area (Å²) in [5.74, 6) is -3.27. The van der Waals surface area contributed by atoms with Crippen LogP contribution in [0.1, 0.15) is 13.3 Å². The molecule has 5 atom stereocenters. The van der Waals surface area contributed by atoms with Gasteiger partial charge in [-0.3, -0.25) is 19.2 Å². The van der Waals surface area contributed by atoms with Crippen LogP contribution >= 0.6 is 24.4 Å². The monoisotopic (exact) mass is 494 g/mol. The van der Waals surface area contributed by atoms with E-state index >= 15 is 0 Å². The zero-order valence-corrected chi connectivity index (χ0v) is 18.9. The van der Waals surface area contributed by atoms with E-state index in [4.69, 9.17) is 53.6 Å². The van der Waals surface area contributed by atoms with Crippen molar-refractivity contribution in [3.63, 3.8) is 0 Å². The van der Waals surface area contributed by atoms with Crippen LogP contribution in [0, 0.1) is 0 Å². The van der Waals surface area contributed by atoms with Crippen molar-refractivity contribution >= 4 is 48.3 Å². The van der Waals surface area contributed by atoms with E-state index < -0.39 is 60.8 Å². The fourth-order valence-electron chi connectivity index (χ4n) is 0.731. The maximum absolute atomic E-state index is 10.1. The lowest BCUT2D eigenvalue weighted by Gasteiger charge is -2.06. The normalized spacial score (nSPS) is 14.4. The van der Waals surface area contributed by atoms with Crippen molar-refractivity contribution in [1.82, 2.24) is 0 Å². The molecule has 14 nitrogen and oxygen atoms in total. The lowest BCUT2D eigenvalue weighted by atomic mass is 10.2. The van der Waals surface area contributed by atoms with E-state index in [1.54, 1.807) is 11.8 Å². The van der Waals surface area contributed by atoms with E-state index in [-0.39, 0.29) is 5.75 Å². The zero-order valence-electron chi connectivity index (χ0n) is 17.2. The van der Waals surface area contributed by atoms with Gasteiger partial charge in [-0.2, -0.15) is 24.4 Å². The molecule has 0 aromatic rings. The molecule has 0 saturated carbocycles. The van der Waals surface area contributed by atoms with Gasteiger partial charge in [0.2, 0.25) is 0 Å². The molecule has 5 unspecified atom stereocenters. The fraction of sp³-hybridized carbons (Fsp3) is 0.733. The van der Waals surface area contributed by atoms with Crippen molar-refractivity contribution < 1.29 is 49.8 Å². The molecule has 14 N–H and O–H groups in total. The van der Waals surface area contributed by atoms with Crippen molar-refractivity contribution in [1.29, 1.82) is 0 Å². The van der Waals surface area contributed by atoms with Gasteiger partial charge in [-0.15, -0.1) is 0 Å². The highest BCUT2D eigenvalue weighted by atomic mass is 32.2. The minimum atomic E-state index is -1.18. The van der Waals surface area contributed by atoms with Gasteiger partial charge in [0.25, 0.3) is 0 Å². The molecular weight excluding hydrogens is 460 g/mol. The molecule has 0 fully saturated rings. The first kappa shape index (κ1) is 36.7. The summed E-state index contributed by atoms with van der Waals surface area (Å²) < 4.78 is 0. The maximum atomic E-state index is 10.1. The van der Waals surface area contributed by atoms with Crippen molar-refractivity contribution in [3.8, 4) is 0 Å². The predicted octanol–water partition coefficient (Wildman–Crippen LogP) is -3.35. The highest BCUT2D eigenvalue weighted by Gasteiger charge is 2.16. The average molecular weight is 495 g/mol.